The predicted octanol–water partition coefficient (Wildman–Crippen LogP) is 4.66. The number of nitriles is 1. The van der Waals surface area contributed by atoms with Crippen LogP contribution in [0.3, 0.4) is 0 Å². The first-order chi connectivity index (χ1) is 17.9. The molecule has 0 saturated heterocycles. The quantitative estimate of drug-likeness (QED) is 0.436. The van der Waals surface area contributed by atoms with Gasteiger partial charge in [-0.25, -0.2) is 9.37 Å². The number of fused-ring (bicyclic) bond motifs is 7. The normalized spacial score (nSPS) is 19.6. The van der Waals surface area contributed by atoms with Gasteiger partial charge in [0.05, 0.1) is 23.2 Å². The summed E-state index contributed by atoms with van der Waals surface area (Å²) in [6, 6.07) is 8.61. The number of ether oxygens (including phenoxy) is 2. The van der Waals surface area contributed by atoms with Gasteiger partial charge in [0.25, 0.3) is 0 Å². The average Bonchev–Trinajstić information content (AvgIpc) is 3.55. The zero-order chi connectivity index (χ0) is 25.8. The molecule has 1 aliphatic heterocycles. The number of pyridine rings is 1. The number of hydrogen-bond acceptors (Lipinski definition) is 7. The highest BCUT2D eigenvalue weighted by Gasteiger charge is 2.41. The molecule has 0 amide bonds. The molecule has 37 heavy (non-hydrogen) atoms. The lowest BCUT2D eigenvalue weighted by atomic mass is 9.88. The van der Waals surface area contributed by atoms with Crippen LogP contribution in [0.25, 0.3) is 22.5 Å². The molecule has 0 saturated carbocycles. The Morgan fingerprint density at radius 3 is 2.89 bits per heavy atom. The molecule has 188 valence electrons. The van der Waals surface area contributed by atoms with E-state index in [-0.39, 0.29) is 30.3 Å². The Bertz CT molecular complexity index is 1570. The van der Waals surface area contributed by atoms with Crippen LogP contribution in [0.15, 0.2) is 36.7 Å². The fourth-order valence-electron chi connectivity index (χ4n) is 5.61. The van der Waals surface area contributed by atoms with E-state index < -0.39 is 6.10 Å². The summed E-state index contributed by atoms with van der Waals surface area (Å²) in [4.78, 5) is 4.43. The van der Waals surface area contributed by atoms with Crippen molar-refractivity contribution in [2.45, 2.75) is 44.9 Å². The third kappa shape index (κ3) is 3.65. The van der Waals surface area contributed by atoms with Crippen LogP contribution in [0.1, 0.15) is 60.8 Å². The van der Waals surface area contributed by atoms with E-state index >= 15 is 0 Å². The van der Waals surface area contributed by atoms with Crippen molar-refractivity contribution in [2.75, 3.05) is 12.3 Å². The molecular formula is C27H26FN7O2. The van der Waals surface area contributed by atoms with E-state index in [1.54, 1.807) is 16.9 Å². The number of halogens is 1. The number of rotatable bonds is 3. The summed E-state index contributed by atoms with van der Waals surface area (Å²) < 4.78 is 30.5. The van der Waals surface area contributed by atoms with Crippen molar-refractivity contribution in [2.24, 2.45) is 7.05 Å². The van der Waals surface area contributed by atoms with Gasteiger partial charge in [0, 0.05) is 59.7 Å². The minimum Gasteiger partial charge on any atom is -0.482 e. The van der Waals surface area contributed by atoms with E-state index in [4.69, 9.17) is 25.4 Å². The van der Waals surface area contributed by atoms with Crippen LogP contribution >= 0.6 is 0 Å². The molecule has 0 radical (unpaired) electrons. The van der Waals surface area contributed by atoms with Crippen molar-refractivity contribution in [1.82, 2.24) is 24.5 Å². The van der Waals surface area contributed by atoms with Gasteiger partial charge in [0.15, 0.2) is 11.6 Å². The maximum absolute atomic E-state index is 14.5. The van der Waals surface area contributed by atoms with Crippen LogP contribution in [-0.2, 0) is 18.3 Å². The number of anilines is 1. The Labute approximate surface area is 213 Å². The van der Waals surface area contributed by atoms with Crippen molar-refractivity contribution in [3.05, 3.63) is 64.9 Å². The van der Waals surface area contributed by atoms with Crippen LogP contribution in [0, 0.1) is 17.1 Å². The maximum Gasteiger partial charge on any atom is 0.166 e. The molecule has 3 atom stereocenters. The first-order valence-corrected chi connectivity index (χ1v) is 12.2. The van der Waals surface area contributed by atoms with Gasteiger partial charge in [-0.3, -0.25) is 9.36 Å². The maximum atomic E-state index is 14.5. The van der Waals surface area contributed by atoms with Crippen LogP contribution in [0.5, 0.6) is 5.75 Å². The number of nitrogen functional groups attached to an aromatic ring is 1. The first-order valence-electron chi connectivity index (χ1n) is 12.2. The second-order valence-corrected chi connectivity index (χ2v) is 9.42. The summed E-state index contributed by atoms with van der Waals surface area (Å²) in [7, 11) is 1.87. The summed E-state index contributed by atoms with van der Waals surface area (Å²) in [5.74, 6) is 0.173. The zero-order valence-corrected chi connectivity index (χ0v) is 20.8. The van der Waals surface area contributed by atoms with Crippen molar-refractivity contribution in [1.29, 1.82) is 5.26 Å². The molecule has 9 nitrogen and oxygen atoms in total. The van der Waals surface area contributed by atoms with Crippen molar-refractivity contribution in [3.8, 4) is 34.3 Å². The monoisotopic (exact) mass is 499 g/mol. The van der Waals surface area contributed by atoms with Gasteiger partial charge in [-0.1, -0.05) is 0 Å². The summed E-state index contributed by atoms with van der Waals surface area (Å²) >= 11 is 0. The predicted molar refractivity (Wildman–Crippen MR) is 134 cm³/mol. The smallest absolute Gasteiger partial charge is 0.166 e. The Balaban J connectivity index is 1.69. The summed E-state index contributed by atoms with van der Waals surface area (Å²) in [6.07, 6.45) is 3.45. The molecule has 2 aliphatic rings. The molecule has 2 bridgehead atoms. The van der Waals surface area contributed by atoms with E-state index in [1.807, 2.05) is 37.8 Å². The molecule has 1 aromatic carbocycles. The van der Waals surface area contributed by atoms with Crippen LogP contribution in [0.2, 0.25) is 0 Å². The van der Waals surface area contributed by atoms with Gasteiger partial charge >= 0.3 is 0 Å². The van der Waals surface area contributed by atoms with Gasteiger partial charge in [-0.05, 0) is 44.5 Å². The SMILES string of the molecule is CCn1nc2c3c1-c1cnc(N)c(c1)O[C@H](C)c1cc(F)ccc1-c1nn(C)cc1[C@H]3CC2OCC#N. The van der Waals surface area contributed by atoms with Gasteiger partial charge in [-0.15, -0.1) is 0 Å². The van der Waals surface area contributed by atoms with Crippen molar-refractivity contribution >= 4 is 5.82 Å². The van der Waals surface area contributed by atoms with Gasteiger partial charge in [0.2, 0.25) is 0 Å². The lowest BCUT2D eigenvalue weighted by molar-refractivity contribution is 0.0725. The minimum atomic E-state index is -0.527. The molecule has 6 rings (SSSR count). The fourth-order valence-corrected chi connectivity index (χ4v) is 5.61. The van der Waals surface area contributed by atoms with E-state index in [0.29, 0.717) is 24.3 Å². The van der Waals surface area contributed by atoms with Gasteiger partial charge in [-0.2, -0.15) is 15.5 Å². The molecule has 4 heterocycles. The molecule has 10 heteroatoms. The lowest BCUT2D eigenvalue weighted by Crippen LogP contribution is -2.11. The Morgan fingerprint density at radius 1 is 1.27 bits per heavy atom. The number of aryl methyl sites for hydroxylation is 2. The first kappa shape index (κ1) is 23.2. The number of aromatic nitrogens is 5. The largest absolute Gasteiger partial charge is 0.482 e. The summed E-state index contributed by atoms with van der Waals surface area (Å²) in [5.41, 5.74) is 12.9. The molecule has 3 aromatic heterocycles. The number of benzene rings is 1. The minimum absolute atomic E-state index is 0.0356. The molecule has 0 spiro atoms. The molecular weight excluding hydrogens is 473 g/mol. The third-order valence-corrected chi connectivity index (χ3v) is 7.17. The van der Waals surface area contributed by atoms with E-state index in [1.165, 1.54) is 12.1 Å². The Hall–Kier alpha value is -4.23. The molecule has 1 unspecified atom stereocenters. The van der Waals surface area contributed by atoms with E-state index in [9.17, 15) is 9.65 Å². The second kappa shape index (κ2) is 8.71. The Kier molecular flexibility index (Phi) is 5.46. The second-order valence-electron chi connectivity index (χ2n) is 9.42. The van der Waals surface area contributed by atoms with E-state index in [0.717, 1.165) is 39.3 Å². The fraction of sp³-hybridized carbons (Fsp3) is 0.333. The average molecular weight is 500 g/mol. The van der Waals surface area contributed by atoms with Crippen LogP contribution < -0.4 is 10.5 Å². The highest BCUT2D eigenvalue weighted by Crippen LogP contribution is 2.52. The van der Waals surface area contributed by atoms with Gasteiger partial charge in [0.1, 0.15) is 24.6 Å². The Morgan fingerprint density at radius 2 is 2.11 bits per heavy atom. The molecule has 4 aromatic rings. The summed E-state index contributed by atoms with van der Waals surface area (Å²) in [5, 5.41) is 18.9. The van der Waals surface area contributed by atoms with Crippen molar-refractivity contribution in [3.63, 3.8) is 0 Å². The molecule has 2 N–H and O–H groups in total. The molecule has 1 aliphatic carbocycles. The molecule has 0 fully saturated rings. The van der Waals surface area contributed by atoms with E-state index in [2.05, 4.69) is 11.1 Å². The lowest BCUT2D eigenvalue weighted by Gasteiger charge is -2.22. The number of nitrogens with zero attached hydrogens (tertiary/aromatic N) is 6. The summed E-state index contributed by atoms with van der Waals surface area (Å²) in [6.45, 7) is 4.48. The highest BCUT2D eigenvalue weighted by molar-refractivity contribution is 5.74. The third-order valence-electron chi connectivity index (χ3n) is 7.17. The highest BCUT2D eigenvalue weighted by atomic mass is 19.1. The van der Waals surface area contributed by atoms with Crippen LogP contribution in [-0.4, -0.2) is 31.2 Å². The number of nitrogens with two attached hydrogens (primary N) is 1. The number of hydrogen-bond donors (Lipinski definition) is 1. The topological polar surface area (TPSA) is 117 Å². The van der Waals surface area contributed by atoms with Crippen molar-refractivity contribution < 1.29 is 13.9 Å². The zero-order valence-electron chi connectivity index (χ0n) is 20.8. The standard InChI is InChI=1S/C27H26FN7O2/c1-4-35-26-15-9-22(27(30)31-12-15)37-14(2)18-10-16(28)5-6-17(18)24-20(13-34(3)32-24)19-11-21(36-8-7-29)25(33-35)23(19)26/h5-6,9-10,12-14,19,21H,4,8,11H2,1-3H3,(H2,30,31)/t14-,19-,21?/m1/s1. The van der Waals surface area contributed by atoms with Crippen LogP contribution in [0.4, 0.5) is 10.2 Å². The van der Waals surface area contributed by atoms with Gasteiger partial charge < -0.3 is 15.2 Å².